The highest BCUT2D eigenvalue weighted by atomic mass is 32.2. The topological polar surface area (TPSA) is 80.5 Å². The van der Waals surface area contributed by atoms with Crippen LogP contribution in [0.25, 0.3) is 0 Å². The molecule has 0 atom stereocenters. The smallest absolute Gasteiger partial charge is 0.254 e. The molecule has 6 heteroatoms. The normalized spacial score (nSPS) is 18.3. The Balaban J connectivity index is 2.42. The summed E-state index contributed by atoms with van der Waals surface area (Å²) in [6.45, 7) is 6.40. The number of amides is 1. The number of hydrogen-bond acceptors (Lipinski definition) is 3. The van der Waals surface area contributed by atoms with Crippen molar-refractivity contribution in [3.8, 4) is 0 Å². The van der Waals surface area contributed by atoms with Crippen LogP contribution in [0.15, 0.2) is 23.1 Å². The Hall–Kier alpha value is -1.40. The van der Waals surface area contributed by atoms with Crippen LogP contribution in [0.5, 0.6) is 0 Å². The monoisotopic (exact) mass is 296 g/mol. The zero-order chi connectivity index (χ0) is 15.1. The van der Waals surface area contributed by atoms with Crippen molar-refractivity contribution in [2.75, 3.05) is 6.54 Å². The van der Waals surface area contributed by atoms with Crippen LogP contribution in [0, 0.1) is 6.92 Å². The minimum absolute atomic E-state index is 0.0142. The van der Waals surface area contributed by atoms with Gasteiger partial charge in [-0.15, -0.1) is 0 Å². The lowest BCUT2D eigenvalue weighted by atomic mass is 10.0. The molecule has 1 fully saturated rings. The third-order valence-corrected chi connectivity index (χ3v) is 4.94. The van der Waals surface area contributed by atoms with Gasteiger partial charge >= 0.3 is 0 Å². The van der Waals surface area contributed by atoms with Crippen LogP contribution in [-0.2, 0) is 10.0 Å². The summed E-state index contributed by atoms with van der Waals surface area (Å²) in [4.78, 5) is 14.4. The fourth-order valence-electron chi connectivity index (χ4n) is 2.68. The minimum atomic E-state index is -3.81. The number of sulfonamides is 1. The molecule has 1 heterocycles. The van der Waals surface area contributed by atoms with Gasteiger partial charge in [0.05, 0.1) is 4.90 Å². The van der Waals surface area contributed by atoms with Gasteiger partial charge in [-0.3, -0.25) is 4.79 Å². The van der Waals surface area contributed by atoms with E-state index < -0.39 is 10.0 Å². The van der Waals surface area contributed by atoms with E-state index in [1.54, 1.807) is 24.0 Å². The number of hydrogen-bond donors (Lipinski definition) is 1. The van der Waals surface area contributed by atoms with Crippen molar-refractivity contribution < 1.29 is 13.2 Å². The quantitative estimate of drug-likeness (QED) is 0.901. The van der Waals surface area contributed by atoms with Gasteiger partial charge in [-0.05, 0) is 51.3 Å². The number of nitrogens with two attached hydrogens (primary N) is 1. The zero-order valence-electron chi connectivity index (χ0n) is 12.0. The molecule has 1 aliphatic heterocycles. The molecule has 0 aromatic heterocycles. The van der Waals surface area contributed by atoms with Gasteiger partial charge in [0.25, 0.3) is 5.91 Å². The van der Waals surface area contributed by atoms with Crippen molar-refractivity contribution in [3.05, 3.63) is 29.3 Å². The van der Waals surface area contributed by atoms with Crippen LogP contribution < -0.4 is 5.14 Å². The fourth-order valence-corrected chi connectivity index (χ4v) is 3.49. The number of nitrogens with zero attached hydrogens (tertiary/aromatic N) is 1. The van der Waals surface area contributed by atoms with Gasteiger partial charge in [-0.1, -0.05) is 6.07 Å². The van der Waals surface area contributed by atoms with E-state index in [4.69, 9.17) is 5.14 Å². The first kappa shape index (κ1) is 15.0. The first-order valence-electron chi connectivity index (χ1n) is 6.58. The van der Waals surface area contributed by atoms with Crippen LogP contribution in [0.4, 0.5) is 0 Å². The highest BCUT2D eigenvalue weighted by Crippen LogP contribution is 2.30. The fraction of sp³-hybridized carbons (Fsp3) is 0.500. The van der Waals surface area contributed by atoms with Gasteiger partial charge in [0.1, 0.15) is 0 Å². The predicted octanol–water partition coefficient (Wildman–Crippen LogP) is 1.66. The molecular formula is C14H20N2O3S. The molecule has 110 valence electrons. The van der Waals surface area contributed by atoms with E-state index >= 15 is 0 Å². The number of aryl methyl sites for hydroxylation is 1. The molecule has 0 aliphatic carbocycles. The Labute approximate surface area is 119 Å². The van der Waals surface area contributed by atoms with E-state index in [0.29, 0.717) is 17.7 Å². The average Bonchev–Trinajstić information content (AvgIpc) is 2.67. The Morgan fingerprint density at radius 3 is 2.50 bits per heavy atom. The van der Waals surface area contributed by atoms with Gasteiger partial charge in [-0.25, -0.2) is 13.6 Å². The molecule has 1 saturated heterocycles. The molecule has 0 bridgehead atoms. The Bertz CT molecular complexity index is 650. The first-order chi connectivity index (χ1) is 9.13. The van der Waals surface area contributed by atoms with E-state index in [9.17, 15) is 13.2 Å². The summed E-state index contributed by atoms with van der Waals surface area (Å²) in [5, 5.41) is 5.18. The van der Waals surface area contributed by atoms with E-state index in [1.165, 1.54) is 6.07 Å². The van der Waals surface area contributed by atoms with Gasteiger partial charge in [0.2, 0.25) is 10.0 Å². The second-order valence-electron chi connectivity index (χ2n) is 5.90. The summed E-state index contributed by atoms with van der Waals surface area (Å²) in [6, 6.07) is 4.65. The second-order valence-corrected chi connectivity index (χ2v) is 7.43. The summed E-state index contributed by atoms with van der Waals surface area (Å²) in [5.41, 5.74) is 0.725. The summed E-state index contributed by atoms with van der Waals surface area (Å²) in [6.07, 6.45) is 1.92. The maximum absolute atomic E-state index is 12.5. The summed E-state index contributed by atoms with van der Waals surface area (Å²) >= 11 is 0. The molecular weight excluding hydrogens is 276 g/mol. The largest absolute Gasteiger partial charge is 0.334 e. The Kier molecular flexibility index (Phi) is 3.64. The number of carbonyl (C=O) groups excluding carboxylic acids is 1. The predicted molar refractivity (Wildman–Crippen MR) is 76.9 cm³/mol. The van der Waals surface area contributed by atoms with E-state index in [2.05, 4.69) is 0 Å². The number of primary sulfonamides is 1. The number of rotatable bonds is 2. The lowest BCUT2D eigenvalue weighted by Crippen LogP contribution is -2.42. The SMILES string of the molecule is Cc1ccc(C(=O)N2CCCC2(C)C)cc1S(N)(=O)=O. The number of carbonyl (C=O) groups is 1. The van der Waals surface area contributed by atoms with E-state index in [1.807, 2.05) is 13.8 Å². The molecule has 2 N–H and O–H groups in total. The molecule has 1 aliphatic rings. The standard InChI is InChI=1S/C14H20N2O3S/c1-10-5-6-11(9-12(10)20(15,18)19)13(17)16-8-4-7-14(16,2)3/h5-6,9H,4,7-8H2,1-3H3,(H2,15,18,19). The highest BCUT2D eigenvalue weighted by molar-refractivity contribution is 7.89. The van der Waals surface area contributed by atoms with Crippen molar-refractivity contribution in [2.45, 2.75) is 44.0 Å². The molecule has 5 nitrogen and oxygen atoms in total. The van der Waals surface area contributed by atoms with Crippen LogP contribution in [0.3, 0.4) is 0 Å². The molecule has 0 spiro atoms. The summed E-state index contributed by atoms with van der Waals surface area (Å²) in [5.74, 6) is -0.141. The van der Waals surface area contributed by atoms with Gasteiger partial charge in [-0.2, -0.15) is 0 Å². The maximum atomic E-state index is 12.5. The maximum Gasteiger partial charge on any atom is 0.254 e. The van der Waals surface area contributed by atoms with Crippen molar-refractivity contribution >= 4 is 15.9 Å². The molecule has 1 aromatic carbocycles. The van der Waals surface area contributed by atoms with E-state index in [0.717, 1.165) is 12.8 Å². The van der Waals surface area contributed by atoms with Gasteiger partial charge in [0, 0.05) is 17.6 Å². The zero-order valence-corrected chi connectivity index (χ0v) is 12.8. The molecule has 0 unspecified atom stereocenters. The van der Waals surface area contributed by atoms with Crippen molar-refractivity contribution in [1.29, 1.82) is 0 Å². The molecule has 20 heavy (non-hydrogen) atoms. The van der Waals surface area contributed by atoms with Crippen LogP contribution >= 0.6 is 0 Å². The summed E-state index contributed by atoms with van der Waals surface area (Å²) in [7, 11) is -3.81. The Morgan fingerprint density at radius 2 is 2.00 bits per heavy atom. The molecule has 2 rings (SSSR count). The van der Waals surface area contributed by atoms with Gasteiger partial charge in [0.15, 0.2) is 0 Å². The number of benzene rings is 1. The average molecular weight is 296 g/mol. The van der Waals surface area contributed by atoms with Crippen LogP contribution in [-0.4, -0.2) is 31.3 Å². The lowest BCUT2D eigenvalue weighted by molar-refractivity contribution is 0.0651. The molecule has 0 radical (unpaired) electrons. The molecule has 1 aromatic rings. The lowest BCUT2D eigenvalue weighted by Gasteiger charge is -2.31. The summed E-state index contributed by atoms with van der Waals surface area (Å²) < 4.78 is 23.1. The van der Waals surface area contributed by atoms with Crippen molar-refractivity contribution in [1.82, 2.24) is 4.90 Å². The minimum Gasteiger partial charge on any atom is -0.334 e. The third-order valence-electron chi connectivity index (χ3n) is 3.89. The second kappa shape index (κ2) is 4.86. The van der Waals surface area contributed by atoms with Crippen molar-refractivity contribution in [2.24, 2.45) is 5.14 Å². The third kappa shape index (κ3) is 2.71. The Morgan fingerprint density at radius 1 is 1.35 bits per heavy atom. The van der Waals surface area contributed by atoms with Crippen LogP contribution in [0.1, 0.15) is 42.6 Å². The van der Waals surface area contributed by atoms with E-state index in [-0.39, 0.29) is 16.3 Å². The van der Waals surface area contributed by atoms with Gasteiger partial charge < -0.3 is 4.90 Å². The number of likely N-dealkylation sites (tertiary alicyclic amines) is 1. The van der Waals surface area contributed by atoms with Crippen molar-refractivity contribution in [3.63, 3.8) is 0 Å². The van der Waals surface area contributed by atoms with Crippen LogP contribution in [0.2, 0.25) is 0 Å². The first-order valence-corrected chi connectivity index (χ1v) is 8.13. The molecule has 1 amide bonds. The highest BCUT2D eigenvalue weighted by Gasteiger charge is 2.36. The molecule has 0 saturated carbocycles.